The molecule has 0 saturated carbocycles. The van der Waals surface area contributed by atoms with Gasteiger partial charge in [-0.2, -0.15) is 0 Å². The van der Waals surface area contributed by atoms with Crippen LogP contribution in [0.3, 0.4) is 0 Å². The maximum atomic E-state index is 5.07. The van der Waals surface area contributed by atoms with Crippen LogP contribution in [-0.4, -0.2) is 7.11 Å². The van der Waals surface area contributed by atoms with Gasteiger partial charge in [0.2, 0.25) is 0 Å². The Morgan fingerprint density at radius 1 is 1.18 bits per heavy atom. The Kier molecular flexibility index (Phi) is 3.12. The summed E-state index contributed by atoms with van der Waals surface area (Å²) in [6.07, 6.45) is 1.08. The van der Waals surface area contributed by atoms with Gasteiger partial charge in [0.1, 0.15) is 0 Å². The van der Waals surface area contributed by atoms with E-state index >= 15 is 0 Å². The molecule has 0 unspecified atom stereocenters. The van der Waals surface area contributed by atoms with Crippen molar-refractivity contribution in [1.29, 1.82) is 0 Å². The Balaban J connectivity index is 2.83. The van der Waals surface area contributed by atoms with Gasteiger partial charge < -0.3 is 4.74 Å². The maximum Gasteiger partial charge on any atom is 0.0715 e. The van der Waals surface area contributed by atoms with E-state index in [1.807, 2.05) is 6.07 Å². The molecule has 1 rings (SSSR count). The average Bonchev–Trinajstić information content (AvgIpc) is 2.06. The minimum atomic E-state index is 0.726. The lowest BCUT2D eigenvalue weighted by atomic mass is 10.1. The Morgan fingerprint density at radius 2 is 1.82 bits per heavy atom. The summed E-state index contributed by atoms with van der Waals surface area (Å²) in [5, 5.41) is 0. The van der Waals surface area contributed by atoms with E-state index in [0.717, 1.165) is 13.0 Å². The quantitative estimate of drug-likeness (QED) is 0.643. The molecule has 0 saturated heterocycles. The normalized spacial score (nSPS) is 10.0. The molecule has 0 bridgehead atoms. The summed E-state index contributed by atoms with van der Waals surface area (Å²) >= 11 is 0. The van der Waals surface area contributed by atoms with Crippen molar-refractivity contribution in [3.05, 3.63) is 35.4 Å². The predicted octanol–water partition coefficient (Wildman–Crippen LogP) is 2.40. The number of ether oxygens (including phenoxy) is 1. The van der Waals surface area contributed by atoms with Gasteiger partial charge in [-0.15, -0.1) is 0 Å². The fourth-order valence-corrected chi connectivity index (χ4v) is 1.20. The van der Waals surface area contributed by atoms with Gasteiger partial charge in [0.15, 0.2) is 0 Å². The first-order valence-electron chi connectivity index (χ1n) is 3.94. The van der Waals surface area contributed by atoms with E-state index in [2.05, 4.69) is 25.1 Å². The topological polar surface area (TPSA) is 9.23 Å². The molecule has 0 radical (unpaired) electrons. The summed E-state index contributed by atoms with van der Waals surface area (Å²) in [5.74, 6) is 0. The molecule has 0 heterocycles. The van der Waals surface area contributed by atoms with Crippen molar-refractivity contribution in [3.63, 3.8) is 0 Å². The van der Waals surface area contributed by atoms with Gasteiger partial charge in [-0.3, -0.25) is 0 Å². The van der Waals surface area contributed by atoms with Crippen LogP contribution >= 0.6 is 0 Å². The number of hydrogen-bond acceptors (Lipinski definition) is 1. The van der Waals surface area contributed by atoms with Crippen molar-refractivity contribution < 1.29 is 4.74 Å². The Hall–Kier alpha value is -0.820. The van der Waals surface area contributed by atoms with Crippen molar-refractivity contribution in [1.82, 2.24) is 0 Å². The van der Waals surface area contributed by atoms with Crippen molar-refractivity contribution in [3.8, 4) is 0 Å². The van der Waals surface area contributed by atoms with Crippen molar-refractivity contribution >= 4 is 0 Å². The van der Waals surface area contributed by atoms with Gasteiger partial charge >= 0.3 is 0 Å². The van der Waals surface area contributed by atoms with E-state index in [4.69, 9.17) is 4.74 Å². The SMILES string of the molecule is CCc1ccccc1COC. The molecule has 1 heteroatoms. The Morgan fingerprint density at radius 3 is 2.36 bits per heavy atom. The van der Waals surface area contributed by atoms with Crippen LogP contribution in [0.25, 0.3) is 0 Å². The molecule has 1 aromatic carbocycles. The first-order chi connectivity index (χ1) is 5.38. The molecule has 0 aliphatic heterocycles. The lowest BCUT2D eigenvalue weighted by Crippen LogP contribution is -1.93. The van der Waals surface area contributed by atoms with Crippen molar-refractivity contribution in [2.24, 2.45) is 0 Å². The monoisotopic (exact) mass is 150 g/mol. The largest absolute Gasteiger partial charge is 0.380 e. The average molecular weight is 150 g/mol. The third kappa shape index (κ3) is 2.05. The number of methoxy groups -OCH3 is 1. The molecule has 1 aromatic rings. The van der Waals surface area contributed by atoms with E-state index in [1.54, 1.807) is 7.11 Å². The van der Waals surface area contributed by atoms with E-state index in [-0.39, 0.29) is 0 Å². The highest BCUT2D eigenvalue weighted by Crippen LogP contribution is 2.09. The molecule has 0 spiro atoms. The van der Waals surface area contributed by atoms with Crippen molar-refractivity contribution in [2.75, 3.05) is 7.11 Å². The van der Waals surface area contributed by atoms with Crippen LogP contribution in [0.15, 0.2) is 24.3 Å². The summed E-state index contributed by atoms with van der Waals surface area (Å²) in [7, 11) is 1.73. The second kappa shape index (κ2) is 4.14. The fraction of sp³-hybridized carbons (Fsp3) is 0.400. The molecule has 0 aliphatic rings. The standard InChI is InChI=1S/C10H14O/c1-3-9-6-4-5-7-10(9)8-11-2/h4-7H,3,8H2,1-2H3. The molecule has 60 valence electrons. The third-order valence-electron chi connectivity index (χ3n) is 1.80. The molecule has 0 aliphatic carbocycles. The molecular formula is C10H14O. The Bertz CT molecular complexity index is 218. The zero-order valence-electron chi connectivity index (χ0n) is 7.13. The first-order valence-corrected chi connectivity index (χ1v) is 3.94. The molecule has 0 N–H and O–H groups in total. The molecular weight excluding hydrogens is 136 g/mol. The van der Waals surface area contributed by atoms with Crippen LogP contribution in [0.5, 0.6) is 0 Å². The highest BCUT2D eigenvalue weighted by atomic mass is 16.5. The van der Waals surface area contributed by atoms with Crippen LogP contribution in [-0.2, 0) is 17.8 Å². The zero-order chi connectivity index (χ0) is 8.10. The number of benzene rings is 1. The van der Waals surface area contributed by atoms with Gasteiger partial charge in [0.25, 0.3) is 0 Å². The summed E-state index contributed by atoms with van der Waals surface area (Å²) in [6, 6.07) is 8.38. The number of rotatable bonds is 3. The smallest absolute Gasteiger partial charge is 0.0715 e. The molecule has 0 amide bonds. The van der Waals surface area contributed by atoms with Gasteiger partial charge in [-0.05, 0) is 17.5 Å². The highest BCUT2D eigenvalue weighted by molar-refractivity contribution is 5.26. The van der Waals surface area contributed by atoms with Gasteiger partial charge in [0, 0.05) is 7.11 Å². The summed E-state index contributed by atoms with van der Waals surface area (Å²) < 4.78 is 5.07. The lowest BCUT2D eigenvalue weighted by molar-refractivity contribution is 0.184. The number of hydrogen-bond donors (Lipinski definition) is 0. The van der Waals surface area contributed by atoms with Crippen molar-refractivity contribution in [2.45, 2.75) is 20.0 Å². The van der Waals surface area contributed by atoms with Crippen LogP contribution in [0.2, 0.25) is 0 Å². The van der Waals surface area contributed by atoms with E-state index in [0.29, 0.717) is 0 Å². The minimum absolute atomic E-state index is 0.726. The molecule has 1 nitrogen and oxygen atoms in total. The zero-order valence-corrected chi connectivity index (χ0v) is 7.13. The summed E-state index contributed by atoms with van der Waals surface area (Å²) in [6.45, 7) is 2.89. The van der Waals surface area contributed by atoms with Gasteiger partial charge in [0.05, 0.1) is 6.61 Å². The highest BCUT2D eigenvalue weighted by Gasteiger charge is 1.96. The van der Waals surface area contributed by atoms with E-state index < -0.39 is 0 Å². The Labute approximate surface area is 68.0 Å². The third-order valence-corrected chi connectivity index (χ3v) is 1.80. The molecule has 11 heavy (non-hydrogen) atoms. The minimum Gasteiger partial charge on any atom is -0.380 e. The van der Waals surface area contributed by atoms with E-state index in [1.165, 1.54) is 11.1 Å². The van der Waals surface area contributed by atoms with Crippen LogP contribution in [0, 0.1) is 0 Å². The lowest BCUT2D eigenvalue weighted by Gasteiger charge is -2.04. The van der Waals surface area contributed by atoms with E-state index in [9.17, 15) is 0 Å². The maximum absolute atomic E-state index is 5.07. The number of aryl methyl sites for hydroxylation is 1. The second-order valence-electron chi connectivity index (χ2n) is 2.56. The summed E-state index contributed by atoms with van der Waals surface area (Å²) in [5.41, 5.74) is 2.69. The van der Waals surface area contributed by atoms with Gasteiger partial charge in [-0.25, -0.2) is 0 Å². The molecule has 0 fully saturated rings. The van der Waals surface area contributed by atoms with Crippen LogP contribution in [0.1, 0.15) is 18.1 Å². The van der Waals surface area contributed by atoms with Gasteiger partial charge in [-0.1, -0.05) is 31.2 Å². The fourth-order valence-electron chi connectivity index (χ4n) is 1.20. The summed E-state index contributed by atoms with van der Waals surface area (Å²) in [4.78, 5) is 0. The predicted molar refractivity (Wildman–Crippen MR) is 46.5 cm³/mol. The first kappa shape index (κ1) is 8.28. The second-order valence-corrected chi connectivity index (χ2v) is 2.56. The van der Waals surface area contributed by atoms with Crippen LogP contribution in [0.4, 0.5) is 0 Å². The van der Waals surface area contributed by atoms with Crippen LogP contribution < -0.4 is 0 Å². The molecule has 0 aromatic heterocycles. The molecule has 0 atom stereocenters.